The van der Waals surface area contributed by atoms with Gasteiger partial charge in [0.1, 0.15) is 0 Å². The van der Waals surface area contributed by atoms with E-state index >= 15 is 0 Å². The van der Waals surface area contributed by atoms with Gasteiger partial charge < -0.3 is 13.6 Å². The molecule has 0 heterocycles. The van der Waals surface area contributed by atoms with Gasteiger partial charge in [-0.1, -0.05) is 69.6 Å². The zero-order valence-corrected chi connectivity index (χ0v) is 24.1. The van der Waals surface area contributed by atoms with Gasteiger partial charge in [-0.25, -0.2) is 15.2 Å². The van der Waals surface area contributed by atoms with Crippen LogP contribution in [-0.4, -0.2) is 75.4 Å². The highest BCUT2D eigenvalue weighted by Crippen LogP contribution is 2.57. The minimum absolute atomic E-state index is 0.550. The van der Waals surface area contributed by atoms with E-state index in [9.17, 15) is 18.9 Å². The molecule has 0 fully saturated rings. The van der Waals surface area contributed by atoms with Gasteiger partial charge in [-0.15, -0.1) is 0 Å². The molecule has 0 spiro atoms. The molecule has 0 aliphatic carbocycles. The largest absolute Gasteiger partial charge is 0.647 e. The lowest BCUT2D eigenvalue weighted by atomic mass is 10.5. The van der Waals surface area contributed by atoms with Crippen LogP contribution in [0.5, 0.6) is 0 Å². The standard InChI is InChI=1S/C15H18Cl6N3O10P/c1-22(29-4)13(25)7(10(16)17)32-35(28,33-8(11(18)19)14(26)23(2)30-5)34-9(12(20)21)15(27)24(3)31-6/h1-6H3. The van der Waals surface area contributed by atoms with Gasteiger partial charge in [-0.05, 0) is 0 Å². The Morgan fingerprint density at radius 2 is 0.743 bits per heavy atom. The fourth-order valence-electron chi connectivity index (χ4n) is 1.53. The van der Waals surface area contributed by atoms with E-state index in [1.54, 1.807) is 0 Å². The number of hydrogen-bond donors (Lipinski definition) is 0. The van der Waals surface area contributed by atoms with Crippen molar-refractivity contribution in [2.24, 2.45) is 0 Å². The van der Waals surface area contributed by atoms with Gasteiger partial charge in [-0.3, -0.25) is 28.9 Å². The second kappa shape index (κ2) is 15.2. The fraction of sp³-hybridized carbons (Fsp3) is 0.400. The van der Waals surface area contributed by atoms with Gasteiger partial charge in [0.25, 0.3) is 0 Å². The summed E-state index contributed by atoms with van der Waals surface area (Å²) in [5.74, 6) is -6.91. The third-order valence-corrected chi connectivity index (χ3v) is 5.63. The zero-order chi connectivity index (χ0) is 27.7. The molecule has 0 saturated carbocycles. The van der Waals surface area contributed by atoms with Gasteiger partial charge >= 0.3 is 25.5 Å². The number of hydrogen-bond acceptors (Lipinski definition) is 10. The molecule has 35 heavy (non-hydrogen) atoms. The molecule has 0 aliphatic rings. The van der Waals surface area contributed by atoms with Crippen LogP contribution in [0.4, 0.5) is 0 Å². The van der Waals surface area contributed by atoms with E-state index in [1.807, 2.05) is 0 Å². The van der Waals surface area contributed by atoms with E-state index in [1.165, 1.54) is 0 Å². The average molecular weight is 644 g/mol. The molecule has 0 radical (unpaired) electrons. The predicted octanol–water partition coefficient (Wildman–Crippen LogP) is 4.14. The smallest absolute Gasteiger partial charge is 0.377 e. The number of phosphoric acid groups is 1. The second-order valence-electron chi connectivity index (χ2n) is 5.45. The number of phosphoric ester groups is 1. The second-order valence-corrected chi connectivity index (χ2v) is 9.74. The molecular formula is C15H18Cl6N3O10P. The third kappa shape index (κ3) is 10.0. The highest BCUT2D eigenvalue weighted by molar-refractivity contribution is 7.49. The van der Waals surface area contributed by atoms with Crippen LogP contribution in [-0.2, 0) is 47.0 Å². The fourth-order valence-corrected chi connectivity index (χ4v) is 3.86. The quantitative estimate of drug-likeness (QED) is 0.132. The first-order valence-corrected chi connectivity index (χ1v) is 12.1. The summed E-state index contributed by atoms with van der Waals surface area (Å²) in [6, 6.07) is 0. The lowest BCUT2D eigenvalue weighted by molar-refractivity contribution is -0.167. The predicted molar refractivity (Wildman–Crippen MR) is 126 cm³/mol. The van der Waals surface area contributed by atoms with Gasteiger partial charge in [0, 0.05) is 21.1 Å². The van der Waals surface area contributed by atoms with Gasteiger partial charge in [0.2, 0.25) is 17.3 Å². The first kappa shape index (κ1) is 33.9. The van der Waals surface area contributed by atoms with E-state index in [4.69, 9.17) is 83.2 Å². The number of rotatable bonds is 12. The first-order valence-electron chi connectivity index (χ1n) is 8.37. The molecule has 0 bridgehead atoms. The summed E-state index contributed by atoms with van der Waals surface area (Å²) in [6.07, 6.45) is 0. The van der Waals surface area contributed by atoms with E-state index in [0.29, 0.717) is 15.2 Å². The van der Waals surface area contributed by atoms with E-state index in [2.05, 4.69) is 14.5 Å². The third-order valence-electron chi connectivity index (χ3n) is 3.39. The first-order chi connectivity index (χ1) is 16.1. The van der Waals surface area contributed by atoms with Crippen LogP contribution >= 0.6 is 77.4 Å². The van der Waals surface area contributed by atoms with Crippen LogP contribution in [0.2, 0.25) is 0 Å². The molecule has 13 nitrogen and oxygen atoms in total. The van der Waals surface area contributed by atoms with Gasteiger partial charge in [0.15, 0.2) is 13.5 Å². The van der Waals surface area contributed by atoms with Crippen LogP contribution in [0.3, 0.4) is 0 Å². The molecule has 0 aromatic rings. The molecule has 0 aromatic carbocycles. The summed E-state index contributed by atoms with van der Waals surface area (Å²) >= 11 is 34.1. The highest BCUT2D eigenvalue weighted by atomic mass is 35.5. The van der Waals surface area contributed by atoms with Gasteiger partial charge in [0.05, 0.1) is 21.3 Å². The number of likely N-dealkylation sites (N-methyl/N-ethyl adjacent to an activating group) is 3. The van der Waals surface area contributed by atoms with E-state index < -0.39 is 56.3 Å². The lowest BCUT2D eigenvalue weighted by Gasteiger charge is -2.25. The maximum Gasteiger partial charge on any atom is 0.647 e. The van der Waals surface area contributed by atoms with E-state index in [-0.39, 0.29) is 0 Å². The minimum atomic E-state index is -5.45. The number of carbonyl (C=O) groups is 3. The Kier molecular flexibility index (Phi) is 14.7. The Bertz CT molecular complexity index is 844. The maximum absolute atomic E-state index is 13.6. The van der Waals surface area contributed by atoms with Crippen molar-refractivity contribution in [3.05, 3.63) is 30.8 Å². The Morgan fingerprint density at radius 3 is 0.886 bits per heavy atom. The summed E-state index contributed by atoms with van der Waals surface area (Å²) in [4.78, 5) is 51.6. The Labute approximate surface area is 229 Å². The molecule has 0 saturated heterocycles. The number of carbonyl (C=O) groups excluding carboxylic acids is 3. The molecule has 3 amide bonds. The normalized spacial score (nSPS) is 10.5. The van der Waals surface area contributed by atoms with Crippen molar-refractivity contribution in [3.8, 4) is 0 Å². The molecule has 200 valence electrons. The van der Waals surface area contributed by atoms with Crippen molar-refractivity contribution in [1.29, 1.82) is 0 Å². The van der Waals surface area contributed by atoms with Crippen molar-refractivity contribution >= 4 is 95.1 Å². The number of halogens is 6. The Morgan fingerprint density at radius 1 is 0.543 bits per heavy atom. The van der Waals surface area contributed by atoms with Crippen LogP contribution in [0, 0.1) is 0 Å². The number of nitrogens with zero attached hydrogens (tertiary/aromatic N) is 3. The summed E-state index contributed by atoms with van der Waals surface area (Å²) < 4.78 is 25.9. The van der Waals surface area contributed by atoms with Crippen LogP contribution in [0.25, 0.3) is 0 Å². The highest BCUT2D eigenvalue weighted by Gasteiger charge is 2.44. The molecule has 20 heteroatoms. The van der Waals surface area contributed by atoms with Crippen molar-refractivity contribution in [1.82, 2.24) is 15.2 Å². The topological polar surface area (TPSA) is 133 Å². The molecule has 0 aromatic heterocycles. The Balaban J connectivity index is 6.84. The molecule has 0 unspecified atom stereocenters. The van der Waals surface area contributed by atoms with Crippen molar-refractivity contribution in [3.63, 3.8) is 0 Å². The number of amides is 3. The maximum atomic E-state index is 13.6. The zero-order valence-electron chi connectivity index (χ0n) is 18.6. The average Bonchev–Trinajstić information content (AvgIpc) is 2.81. The monoisotopic (exact) mass is 641 g/mol. The SMILES string of the molecule is CON(C)C(=O)C(OP(=O)(OC(C(=O)N(C)OC)=C(Cl)Cl)OC(C(=O)N(C)OC)=C(Cl)Cl)=C(Cl)Cl. The van der Waals surface area contributed by atoms with E-state index in [0.717, 1.165) is 42.5 Å². The summed E-state index contributed by atoms with van der Waals surface area (Å²) in [7, 11) is 1.12. The summed E-state index contributed by atoms with van der Waals surface area (Å²) in [5, 5.41) is 1.65. The van der Waals surface area contributed by atoms with Crippen molar-refractivity contribution in [2.75, 3.05) is 42.5 Å². The minimum Gasteiger partial charge on any atom is -0.377 e. The number of hydroxylamine groups is 6. The van der Waals surface area contributed by atoms with Crippen molar-refractivity contribution in [2.45, 2.75) is 0 Å². The molecular weight excluding hydrogens is 626 g/mol. The molecule has 0 aliphatic heterocycles. The molecule has 0 N–H and O–H groups in total. The molecule has 0 rings (SSSR count). The Hall–Kier alpha value is -1.12. The van der Waals surface area contributed by atoms with Gasteiger partial charge in [-0.2, -0.15) is 4.57 Å². The molecule has 0 atom stereocenters. The summed E-state index contributed by atoms with van der Waals surface area (Å²) in [5.41, 5.74) is 0. The van der Waals surface area contributed by atoms with Crippen LogP contribution in [0.15, 0.2) is 30.8 Å². The van der Waals surface area contributed by atoms with Crippen LogP contribution in [0.1, 0.15) is 0 Å². The lowest BCUT2D eigenvalue weighted by Crippen LogP contribution is -2.30. The summed E-state index contributed by atoms with van der Waals surface area (Å²) in [6.45, 7) is 0. The van der Waals surface area contributed by atoms with Crippen molar-refractivity contribution < 1.29 is 47.0 Å². The van der Waals surface area contributed by atoms with Crippen LogP contribution < -0.4 is 0 Å².